The average molecular weight is 218 g/mol. The van der Waals surface area contributed by atoms with E-state index in [1.54, 1.807) is 13.2 Å². The zero-order chi connectivity index (χ0) is 10.4. The summed E-state index contributed by atoms with van der Waals surface area (Å²) < 4.78 is 17.9. The van der Waals surface area contributed by atoms with Crippen molar-refractivity contribution in [2.75, 3.05) is 24.9 Å². The molecule has 0 fully saturated rings. The Balaban J connectivity index is 2.67. The first kappa shape index (κ1) is 11.1. The van der Waals surface area contributed by atoms with E-state index in [4.69, 9.17) is 16.3 Å². The Morgan fingerprint density at radius 2 is 2.29 bits per heavy atom. The minimum Gasteiger partial charge on any atom is -0.495 e. The van der Waals surface area contributed by atoms with Crippen LogP contribution in [-0.2, 0) is 0 Å². The summed E-state index contributed by atoms with van der Waals surface area (Å²) in [5.41, 5.74) is 0.664. The van der Waals surface area contributed by atoms with Gasteiger partial charge in [0.1, 0.15) is 11.6 Å². The standard InChI is InChI=1S/C10H13ClFNO/c1-14-10-4-3-8(12)7-9(10)13-6-2-5-11/h3-4,7,13H,2,5-6H2,1H3. The minimum atomic E-state index is -0.279. The summed E-state index contributed by atoms with van der Waals surface area (Å²) in [5.74, 6) is 0.949. The third-order valence-electron chi connectivity index (χ3n) is 1.79. The molecule has 1 rings (SSSR count). The molecular weight excluding hydrogens is 205 g/mol. The van der Waals surface area contributed by atoms with Crippen LogP contribution in [-0.4, -0.2) is 19.5 Å². The number of methoxy groups -OCH3 is 1. The second-order valence-corrected chi connectivity index (χ2v) is 3.19. The number of rotatable bonds is 5. The van der Waals surface area contributed by atoms with E-state index in [1.165, 1.54) is 12.1 Å². The van der Waals surface area contributed by atoms with Gasteiger partial charge < -0.3 is 10.1 Å². The van der Waals surface area contributed by atoms with Crippen molar-refractivity contribution in [2.45, 2.75) is 6.42 Å². The molecule has 1 N–H and O–H groups in total. The van der Waals surface area contributed by atoms with Gasteiger partial charge in [-0.2, -0.15) is 0 Å². The monoisotopic (exact) mass is 217 g/mol. The van der Waals surface area contributed by atoms with E-state index in [0.29, 0.717) is 23.9 Å². The summed E-state index contributed by atoms with van der Waals surface area (Å²) in [6.45, 7) is 0.712. The topological polar surface area (TPSA) is 21.3 Å². The van der Waals surface area contributed by atoms with Crippen LogP contribution in [0.1, 0.15) is 6.42 Å². The van der Waals surface area contributed by atoms with Crippen molar-refractivity contribution in [2.24, 2.45) is 0 Å². The quantitative estimate of drug-likeness (QED) is 0.605. The molecule has 0 radical (unpaired) electrons. The lowest BCUT2D eigenvalue weighted by molar-refractivity contribution is 0.415. The van der Waals surface area contributed by atoms with Crippen molar-refractivity contribution in [1.29, 1.82) is 0 Å². The zero-order valence-corrected chi connectivity index (χ0v) is 8.77. The maximum absolute atomic E-state index is 12.9. The van der Waals surface area contributed by atoms with Crippen LogP contribution >= 0.6 is 11.6 Å². The van der Waals surface area contributed by atoms with Crippen molar-refractivity contribution in [1.82, 2.24) is 0 Å². The van der Waals surface area contributed by atoms with Crippen LogP contribution in [0.3, 0.4) is 0 Å². The number of alkyl halides is 1. The van der Waals surface area contributed by atoms with Gasteiger partial charge in [-0.05, 0) is 18.6 Å². The first-order valence-electron chi connectivity index (χ1n) is 4.41. The van der Waals surface area contributed by atoms with Crippen LogP contribution in [0.15, 0.2) is 18.2 Å². The van der Waals surface area contributed by atoms with E-state index in [-0.39, 0.29) is 5.82 Å². The minimum absolute atomic E-state index is 0.279. The molecule has 0 unspecified atom stereocenters. The fraction of sp³-hybridized carbons (Fsp3) is 0.400. The highest BCUT2D eigenvalue weighted by atomic mass is 35.5. The summed E-state index contributed by atoms with van der Waals surface area (Å²) in [7, 11) is 1.56. The molecule has 2 nitrogen and oxygen atoms in total. The number of hydrogen-bond donors (Lipinski definition) is 1. The number of hydrogen-bond acceptors (Lipinski definition) is 2. The zero-order valence-electron chi connectivity index (χ0n) is 8.02. The van der Waals surface area contributed by atoms with E-state index in [1.807, 2.05) is 0 Å². The molecule has 14 heavy (non-hydrogen) atoms. The second kappa shape index (κ2) is 5.70. The van der Waals surface area contributed by atoms with Gasteiger partial charge in [-0.15, -0.1) is 11.6 Å². The predicted octanol–water partition coefficient (Wildman–Crippen LogP) is 2.88. The van der Waals surface area contributed by atoms with Crippen LogP contribution in [0.4, 0.5) is 10.1 Å². The van der Waals surface area contributed by atoms with Crippen molar-refractivity contribution >= 4 is 17.3 Å². The molecule has 0 aliphatic rings. The van der Waals surface area contributed by atoms with E-state index in [0.717, 1.165) is 6.42 Å². The highest BCUT2D eigenvalue weighted by molar-refractivity contribution is 6.17. The number of benzene rings is 1. The van der Waals surface area contributed by atoms with Crippen LogP contribution in [0.2, 0.25) is 0 Å². The molecule has 0 heterocycles. The fourth-order valence-corrected chi connectivity index (χ4v) is 1.24. The number of nitrogens with one attached hydrogen (secondary N) is 1. The first-order valence-corrected chi connectivity index (χ1v) is 4.94. The van der Waals surface area contributed by atoms with E-state index in [9.17, 15) is 4.39 Å². The maximum atomic E-state index is 12.9. The summed E-state index contributed by atoms with van der Waals surface area (Å²) in [6.07, 6.45) is 0.835. The Morgan fingerprint density at radius 1 is 1.50 bits per heavy atom. The van der Waals surface area contributed by atoms with Crippen LogP contribution < -0.4 is 10.1 Å². The van der Waals surface area contributed by atoms with Gasteiger partial charge in [0.2, 0.25) is 0 Å². The van der Waals surface area contributed by atoms with Crippen LogP contribution in [0.5, 0.6) is 5.75 Å². The molecule has 0 saturated heterocycles. The van der Waals surface area contributed by atoms with Gasteiger partial charge >= 0.3 is 0 Å². The second-order valence-electron chi connectivity index (χ2n) is 2.81. The number of halogens is 2. The lowest BCUT2D eigenvalue weighted by Gasteiger charge is -2.10. The Morgan fingerprint density at radius 3 is 2.93 bits per heavy atom. The molecule has 0 bridgehead atoms. The highest BCUT2D eigenvalue weighted by Gasteiger charge is 2.02. The van der Waals surface area contributed by atoms with Gasteiger partial charge in [0.05, 0.1) is 12.8 Å². The number of anilines is 1. The molecule has 4 heteroatoms. The van der Waals surface area contributed by atoms with Gasteiger partial charge in [-0.25, -0.2) is 4.39 Å². The highest BCUT2D eigenvalue weighted by Crippen LogP contribution is 2.24. The molecule has 1 aromatic rings. The van der Waals surface area contributed by atoms with E-state index < -0.39 is 0 Å². The molecule has 0 amide bonds. The number of ether oxygens (including phenoxy) is 1. The molecule has 0 aliphatic carbocycles. The third-order valence-corrected chi connectivity index (χ3v) is 2.05. The molecular formula is C10H13ClFNO. The lowest BCUT2D eigenvalue weighted by Crippen LogP contribution is -2.03. The van der Waals surface area contributed by atoms with Crippen molar-refractivity contribution < 1.29 is 9.13 Å². The summed E-state index contributed by atoms with van der Waals surface area (Å²) in [6, 6.07) is 4.37. The molecule has 0 atom stereocenters. The van der Waals surface area contributed by atoms with E-state index >= 15 is 0 Å². The molecule has 78 valence electrons. The lowest BCUT2D eigenvalue weighted by atomic mass is 10.2. The Hall–Kier alpha value is -0.960. The Bertz CT molecular complexity index is 293. The largest absolute Gasteiger partial charge is 0.495 e. The van der Waals surface area contributed by atoms with Crippen LogP contribution in [0.25, 0.3) is 0 Å². The smallest absolute Gasteiger partial charge is 0.142 e. The summed E-state index contributed by atoms with van der Waals surface area (Å²) >= 11 is 5.53. The Kier molecular flexibility index (Phi) is 4.53. The van der Waals surface area contributed by atoms with E-state index in [2.05, 4.69) is 5.32 Å². The molecule has 0 aliphatic heterocycles. The maximum Gasteiger partial charge on any atom is 0.142 e. The predicted molar refractivity (Wildman–Crippen MR) is 56.8 cm³/mol. The van der Waals surface area contributed by atoms with Crippen LogP contribution in [0, 0.1) is 5.82 Å². The van der Waals surface area contributed by atoms with Gasteiger partial charge in [0.15, 0.2) is 0 Å². The van der Waals surface area contributed by atoms with Crippen molar-refractivity contribution in [3.8, 4) is 5.75 Å². The third kappa shape index (κ3) is 3.07. The van der Waals surface area contributed by atoms with Gasteiger partial charge in [0, 0.05) is 18.5 Å². The van der Waals surface area contributed by atoms with Crippen molar-refractivity contribution in [3.05, 3.63) is 24.0 Å². The summed E-state index contributed by atoms with van der Waals surface area (Å²) in [4.78, 5) is 0. The average Bonchev–Trinajstić information content (AvgIpc) is 2.19. The molecule has 0 spiro atoms. The fourth-order valence-electron chi connectivity index (χ4n) is 1.11. The van der Waals surface area contributed by atoms with Crippen molar-refractivity contribution in [3.63, 3.8) is 0 Å². The molecule has 1 aromatic carbocycles. The van der Waals surface area contributed by atoms with Gasteiger partial charge in [-0.1, -0.05) is 0 Å². The van der Waals surface area contributed by atoms with Gasteiger partial charge in [-0.3, -0.25) is 0 Å². The van der Waals surface area contributed by atoms with Gasteiger partial charge in [0.25, 0.3) is 0 Å². The normalized spacial score (nSPS) is 9.93. The molecule has 0 aromatic heterocycles. The Labute approximate surface area is 88.0 Å². The molecule has 0 saturated carbocycles. The SMILES string of the molecule is COc1ccc(F)cc1NCCCCl. The summed E-state index contributed by atoms with van der Waals surface area (Å²) in [5, 5.41) is 3.06. The first-order chi connectivity index (χ1) is 6.77.